The minimum atomic E-state index is 1.06. The van der Waals surface area contributed by atoms with Crippen LogP contribution in [0.25, 0.3) is 0 Å². The summed E-state index contributed by atoms with van der Waals surface area (Å²) in [5, 5.41) is 0. The van der Waals surface area contributed by atoms with Gasteiger partial charge in [0.25, 0.3) is 0 Å². The lowest BCUT2D eigenvalue weighted by atomic mass is 10.1. The van der Waals surface area contributed by atoms with Gasteiger partial charge in [-0.05, 0) is 38.1 Å². The van der Waals surface area contributed by atoms with Gasteiger partial charge in [-0.2, -0.15) is 0 Å². The second kappa shape index (κ2) is 2.56. The Morgan fingerprint density at radius 1 is 1.33 bits per heavy atom. The lowest BCUT2D eigenvalue weighted by Gasteiger charge is -2.03. The van der Waals surface area contributed by atoms with Gasteiger partial charge in [0.2, 0.25) is 0 Å². The van der Waals surface area contributed by atoms with Crippen molar-refractivity contribution in [2.75, 3.05) is 7.05 Å². The molecule has 0 aromatic carbocycles. The molecule has 1 aromatic rings. The third-order valence-electron chi connectivity index (χ3n) is 2.42. The van der Waals surface area contributed by atoms with Gasteiger partial charge >= 0.3 is 0 Å². The molecule has 0 amide bonds. The zero-order chi connectivity index (χ0) is 8.72. The molecule has 0 fully saturated rings. The predicted molar refractivity (Wildman–Crippen MR) is 48.9 cm³/mol. The Morgan fingerprint density at radius 3 is 2.83 bits per heavy atom. The molecule has 2 heteroatoms. The molecule has 0 N–H and O–H groups in total. The second-order valence-corrected chi connectivity index (χ2v) is 3.66. The molecule has 1 aliphatic rings. The van der Waals surface area contributed by atoms with E-state index in [1.54, 1.807) is 0 Å². The van der Waals surface area contributed by atoms with Crippen LogP contribution >= 0.6 is 0 Å². The SMILES string of the molecule is Cc1cc2c(c(C)n1)CN(C)C2. The van der Waals surface area contributed by atoms with Gasteiger partial charge in [0.15, 0.2) is 0 Å². The third-order valence-corrected chi connectivity index (χ3v) is 2.42. The Balaban J connectivity index is 2.52. The fourth-order valence-electron chi connectivity index (χ4n) is 1.91. The van der Waals surface area contributed by atoms with Crippen molar-refractivity contribution in [1.82, 2.24) is 9.88 Å². The van der Waals surface area contributed by atoms with E-state index in [4.69, 9.17) is 0 Å². The molecule has 0 spiro atoms. The molecule has 2 heterocycles. The first-order valence-corrected chi connectivity index (χ1v) is 4.31. The fraction of sp³-hybridized carbons (Fsp3) is 0.500. The highest BCUT2D eigenvalue weighted by Crippen LogP contribution is 2.23. The molecule has 0 saturated heterocycles. The lowest BCUT2D eigenvalue weighted by Crippen LogP contribution is -2.07. The summed E-state index contributed by atoms with van der Waals surface area (Å²) in [5.74, 6) is 0. The van der Waals surface area contributed by atoms with E-state index in [2.05, 4.69) is 36.8 Å². The molecule has 0 unspecified atom stereocenters. The summed E-state index contributed by atoms with van der Waals surface area (Å²) < 4.78 is 0. The zero-order valence-electron chi connectivity index (χ0n) is 7.89. The van der Waals surface area contributed by atoms with Gasteiger partial charge in [-0.1, -0.05) is 0 Å². The number of rotatable bonds is 0. The molecule has 0 aliphatic carbocycles. The van der Waals surface area contributed by atoms with E-state index in [1.165, 1.54) is 16.8 Å². The molecule has 0 atom stereocenters. The molecule has 2 rings (SSSR count). The van der Waals surface area contributed by atoms with Crippen molar-refractivity contribution in [3.8, 4) is 0 Å². The van der Waals surface area contributed by atoms with Crippen LogP contribution in [0.5, 0.6) is 0 Å². The van der Waals surface area contributed by atoms with Gasteiger partial charge in [0.1, 0.15) is 0 Å². The van der Waals surface area contributed by atoms with Crippen LogP contribution < -0.4 is 0 Å². The van der Waals surface area contributed by atoms with Crippen molar-refractivity contribution in [1.29, 1.82) is 0 Å². The first-order valence-electron chi connectivity index (χ1n) is 4.31. The fourth-order valence-corrected chi connectivity index (χ4v) is 1.91. The molecule has 0 bridgehead atoms. The summed E-state index contributed by atoms with van der Waals surface area (Å²) in [6.07, 6.45) is 0. The number of hydrogen-bond donors (Lipinski definition) is 0. The minimum Gasteiger partial charge on any atom is -0.298 e. The highest BCUT2D eigenvalue weighted by atomic mass is 15.1. The van der Waals surface area contributed by atoms with E-state index in [0.717, 1.165) is 18.8 Å². The molecule has 1 aliphatic heterocycles. The predicted octanol–water partition coefficient (Wildman–Crippen LogP) is 1.64. The van der Waals surface area contributed by atoms with E-state index in [9.17, 15) is 0 Å². The highest BCUT2D eigenvalue weighted by Gasteiger charge is 2.17. The summed E-state index contributed by atoms with van der Waals surface area (Å²) in [5.41, 5.74) is 5.24. The maximum atomic E-state index is 4.45. The maximum Gasteiger partial charge on any atom is 0.0424 e. The minimum absolute atomic E-state index is 1.06. The second-order valence-electron chi connectivity index (χ2n) is 3.66. The van der Waals surface area contributed by atoms with Crippen molar-refractivity contribution in [3.05, 3.63) is 28.6 Å². The van der Waals surface area contributed by atoms with Crippen LogP contribution in [0.15, 0.2) is 6.07 Å². The van der Waals surface area contributed by atoms with Crippen LogP contribution in [0.2, 0.25) is 0 Å². The Hall–Kier alpha value is -0.890. The normalized spacial score (nSPS) is 16.6. The molecule has 1 aromatic heterocycles. The van der Waals surface area contributed by atoms with E-state index >= 15 is 0 Å². The van der Waals surface area contributed by atoms with E-state index in [0.29, 0.717) is 0 Å². The van der Waals surface area contributed by atoms with E-state index < -0.39 is 0 Å². The van der Waals surface area contributed by atoms with Crippen LogP contribution in [0, 0.1) is 13.8 Å². The van der Waals surface area contributed by atoms with Crippen LogP contribution in [0.1, 0.15) is 22.5 Å². The van der Waals surface area contributed by atoms with Crippen molar-refractivity contribution >= 4 is 0 Å². The Kier molecular flexibility index (Phi) is 1.65. The first-order chi connectivity index (χ1) is 5.66. The smallest absolute Gasteiger partial charge is 0.0424 e. The average molecular weight is 162 g/mol. The van der Waals surface area contributed by atoms with Gasteiger partial charge in [0.05, 0.1) is 0 Å². The third kappa shape index (κ3) is 1.12. The van der Waals surface area contributed by atoms with E-state index in [-0.39, 0.29) is 0 Å². The van der Waals surface area contributed by atoms with Crippen LogP contribution in [-0.2, 0) is 13.1 Å². The van der Waals surface area contributed by atoms with Gasteiger partial charge in [0, 0.05) is 24.5 Å². The zero-order valence-corrected chi connectivity index (χ0v) is 7.89. The van der Waals surface area contributed by atoms with Gasteiger partial charge in [-0.3, -0.25) is 9.88 Å². The number of aryl methyl sites for hydroxylation is 2. The van der Waals surface area contributed by atoms with Crippen molar-refractivity contribution in [3.63, 3.8) is 0 Å². The monoisotopic (exact) mass is 162 g/mol. The van der Waals surface area contributed by atoms with Crippen molar-refractivity contribution in [2.45, 2.75) is 26.9 Å². The van der Waals surface area contributed by atoms with Crippen LogP contribution in [0.3, 0.4) is 0 Å². The highest BCUT2D eigenvalue weighted by molar-refractivity contribution is 5.34. The van der Waals surface area contributed by atoms with Gasteiger partial charge < -0.3 is 0 Å². The quantitative estimate of drug-likeness (QED) is 0.576. The van der Waals surface area contributed by atoms with Crippen LogP contribution in [-0.4, -0.2) is 16.9 Å². The Bertz CT molecular complexity index is 318. The largest absolute Gasteiger partial charge is 0.298 e. The van der Waals surface area contributed by atoms with Gasteiger partial charge in [-0.25, -0.2) is 0 Å². The van der Waals surface area contributed by atoms with Gasteiger partial charge in [-0.15, -0.1) is 0 Å². The number of hydrogen-bond acceptors (Lipinski definition) is 2. The summed E-state index contributed by atoms with van der Waals surface area (Å²) in [6.45, 7) is 6.31. The molecule has 2 nitrogen and oxygen atoms in total. The number of nitrogens with zero attached hydrogens (tertiary/aromatic N) is 2. The van der Waals surface area contributed by atoms with E-state index in [1.807, 2.05) is 0 Å². The maximum absolute atomic E-state index is 4.45. The van der Waals surface area contributed by atoms with Crippen LogP contribution in [0.4, 0.5) is 0 Å². The average Bonchev–Trinajstić information content (AvgIpc) is 2.29. The van der Waals surface area contributed by atoms with Crippen molar-refractivity contribution < 1.29 is 0 Å². The summed E-state index contributed by atoms with van der Waals surface area (Å²) in [6, 6.07) is 2.20. The Morgan fingerprint density at radius 2 is 2.08 bits per heavy atom. The van der Waals surface area contributed by atoms with Crippen molar-refractivity contribution in [2.24, 2.45) is 0 Å². The molecule has 0 radical (unpaired) electrons. The summed E-state index contributed by atoms with van der Waals surface area (Å²) >= 11 is 0. The summed E-state index contributed by atoms with van der Waals surface area (Å²) in [7, 11) is 2.15. The topological polar surface area (TPSA) is 16.1 Å². The number of fused-ring (bicyclic) bond motifs is 1. The number of pyridine rings is 1. The molecule has 64 valence electrons. The molecule has 12 heavy (non-hydrogen) atoms. The summed E-state index contributed by atoms with van der Waals surface area (Å²) in [4.78, 5) is 6.77. The lowest BCUT2D eigenvalue weighted by molar-refractivity contribution is 0.352. The molecular weight excluding hydrogens is 148 g/mol. The molecular formula is C10H14N2. The first kappa shape index (κ1) is 7.74. The Labute approximate surface area is 73.2 Å². The molecule has 0 saturated carbocycles. The standard InChI is InChI=1S/C10H14N2/c1-7-4-9-5-12(3)6-10(9)8(2)11-7/h4H,5-6H2,1-3H3. The number of aromatic nitrogens is 1.